The quantitative estimate of drug-likeness (QED) is 0.815. The Kier molecular flexibility index (Phi) is 3.60. The number of aromatic nitrogens is 1. The first-order valence-electron chi connectivity index (χ1n) is 5.28. The van der Waals surface area contributed by atoms with Gasteiger partial charge in [0.2, 0.25) is 0 Å². The van der Waals surface area contributed by atoms with Crippen LogP contribution in [0, 0.1) is 11.3 Å². The minimum absolute atomic E-state index is 0.529. The average molecular weight is 307 g/mol. The van der Waals surface area contributed by atoms with E-state index >= 15 is 0 Å². The molecule has 0 spiro atoms. The van der Waals surface area contributed by atoms with E-state index in [0.29, 0.717) is 15.4 Å². The van der Waals surface area contributed by atoms with Crippen molar-refractivity contribution < 1.29 is 0 Å². The molecule has 0 atom stereocenters. The molecule has 0 aliphatic heterocycles. The third-order valence-electron chi connectivity index (χ3n) is 2.51. The number of rotatable bonds is 2. The van der Waals surface area contributed by atoms with Crippen LogP contribution in [0.5, 0.6) is 0 Å². The van der Waals surface area contributed by atoms with Gasteiger partial charge < -0.3 is 0 Å². The van der Waals surface area contributed by atoms with Crippen molar-refractivity contribution in [3.05, 3.63) is 39.3 Å². The Morgan fingerprint density at radius 2 is 1.94 bits per heavy atom. The second-order valence-electron chi connectivity index (χ2n) is 4.03. The van der Waals surface area contributed by atoms with Gasteiger partial charge in [-0.1, -0.05) is 38.1 Å². The molecule has 0 radical (unpaired) electrons. The average Bonchev–Trinajstić information content (AvgIpc) is 2.70. The minimum atomic E-state index is 0.529. The van der Waals surface area contributed by atoms with Gasteiger partial charge in [-0.15, -0.1) is 11.3 Å². The summed E-state index contributed by atoms with van der Waals surface area (Å²) in [6.45, 7) is 4.34. The minimum Gasteiger partial charge on any atom is -0.228 e. The smallest absolute Gasteiger partial charge is 0.139 e. The first-order valence-corrected chi connectivity index (χ1v) is 6.89. The lowest BCUT2D eigenvalue weighted by molar-refractivity contribution is 0.867. The molecule has 0 saturated carbocycles. The molecule has 2 aromatic rings. The molecule has 17 heavy (non-hydrogen) atoms. The Bertz CT molecular complexity index is 564. The number of benzene rings is 1. The van der Waals surface area contributed by atoms with Gasteiger partial charge in [-0.05, 0) is 27.4 Å². The summed E-state index contributed by atoms with van der Waals surface area (Å²) in [5.74, 6) is 0.529. The summed E-state index contributed by atoms with van der Waals surface area (Å²) in [5, 5.41) is 9.76. The maximum absolute atomic E-state index is 8.89. The van der Waals surface area contributed by atoms with Crippen molar-refractivity contribution in [2.75, 3.05) is 0 Å². The molecule has 2 nitrogen and oxygen atoms in total. The van der Waals surface area contributed by atoms with Crippen LogP contribution in [0.2, 0.25) is 0 Å². The van der Waals surface area contributed by atoms with Crippen molar-refractivity contribution in [3.63, 3.8) is 0 Å². The summed E-state index contributed by atoms with van der Waals surface area (Å²) in [4.78, 5) is 4.96. The van der Waals surface area contributed by atoms with Crippen LogP contribution in [-0.4, -0.2) is 4.98 Å². The second-order valence-corrected chi connectivity index (χ2v) is 5.78. The van der Waals surface area contributed by atoms with Crippen LogP contribution in [0.25, 0.3) is 10.6 Å². The van der Waals surface area contributed by atoms with Crippen LogP contribution < -0.4 is 0 Å². The van der Waals surface area contributed by atoms with Crippen LogP contribution in [0.3, 0.4) is 0 Å². The second kappa shape index (κ2) is 4.99. The van der Waals surface area contributed by atoms with E-state index in [0.717, 1.165) is 10.6 Å². The van der Waals surface area contributed by atoms with Crippen molar-refractivity contribution in [3.8, 4) is 16.6 Å². The predicted octanol–water partition coefficient (Wildman–Crippen LogP) is 4.57. The van der Waals surface area contributed by atoms with Gasteiger partial charge in [-0.2, -0.15) is 5.26 Å². The predicted molar refractivity (Wildman–Crippen MR) is 74.1 cm³/mol. The van der Waals surface area contributed by atoms with Crippen LogP contribution in [0.1, 0.15) is 30.2 Å². The number of halogens is 1. The van der Waals surface area contributed by atoms with Gasteiger partial charge in [0.15, 0.2) is 0 Å². The number of hydrogen-bond donors (Lipinski definition) is 0. The molecular formula is C13H11BrN2S. The summed E-state index contributed by atoms with van der Waals surface area (Å²) < 4.78 is 0.632. The Hall–Kier alpha value is -1.18. The van der Waals surface area contributed by atoms with Gasteiger partial charge in [0, 0.05) is 5.56 Å². The van der Waals surface area contributed by atoms with Crippen molar-refractivity contribution in [2.24, 2.45) is 0 Å². The van der Waals surface area contributed by atoms with Crippen LogP contribution in [0.4, 0.5) is 0 Å². The Labute approximate surface area is 113 Å². The fourth-order valence-corrected chi connectivity index (χ4v) is 2.89. The van der Waals surface area contributed by atoms with Crippen molar-refractivity contribution >= 4 is 27.3 Å². The Morgan fingerprint density at radius 1 is 1.29 bits per heavy atom. The maximum Gasteiger partial charge on any atom is 0.139 e. The van der Waals surface area contributed by atoms with Crippen LogP contribution >= 0.6 is 27.3 Å². The first-order chi connectivity index (χ1) is 8.11. The zero-order chi connectivity index (χ0) is 12.4. The monoisotopic (exact) mass is 306 g/mol. The van der Waals surface area contributed by atoms with Crippen molar-refractivity contribution in [2.45, 2.75) is 19.8 Å². The lowest BCUT2D eigenvalue weighted by atomic mass is 10.0. The summed E-state index contributed by atoms with van der Waals surface area (Å²) in [7, 11) is 0. The molecule has 2 rings (SSSR count). The summed E-state index contributed by atoms with van der Waals surface area (Å²) in [6, 6.07) is 10.5. The zero-order valence-electron chi connectivity index (χ0n) is 9.57. The maximum atomic E-state index is 8.89. The molecule has 0 fully saturated rings. The van der Waals surface area contributed by atoms with Gasteiger partial charge in [0.1, 0.15) is 20.6 Å². The van der Waals surface area contributed by atoms with E-state index < -0.39 is 0 Å². The van der Waals surface area contributed by atoms with Gasteiger partial charge in [0.25, 0.3) is 0 Å². The highest BCUT2D eigenvalue weighted by Gasteiger charge is 2.10. The Balaban J connectivity index is 2.37. The fourth-order valence-electron chi connectivity index (χ4n) is 1.50. The third kappa shape index (κ3) is 2.56. The van der Waals surface area contributed by atoms with Crippen LogP contribution in [0.15, 0.2) is 28.9 Å². The van der Waals surface area contributed by atoms with E-state index in [1.165, 1.54) is 16.9 Å². The number of nitrogens with zero attached hydrogens (tertiary/aromatic N) is 2. The van der Waals surface area contributed by atoms with E-state index in [-0.39, 0.29) is 0 Å². The van der Waals surface area contributed by atoms with E-state index in [1.807, 2.05) is 0 Å². The molecule has 1 aromatic carbocycles. The number of nitriles is 1. The number of thiazole rings is 1. The van der Waals surface area contributed by atoms with E-state index in [1.54, 1.807) is 0 Å². The van der Waals surface area contributed by atoms with Crippen LogP contribution in [-0.2, 0) is 0 Å². The third-order valence-corrected chi connectivity index (χ3v) is 4.36. The standard InChI is InChI=1S/C13H11BrN2S/c1-8(2)9-3-5-10(6-4-9)13-16-12(14)11(7-15)17-13/h3-6,8H,1-2H3. The van der Waals surface area contributed by atoms with Gasteiger partial charge in [-0.25, -0.2) is 4.98 Å². The number of hydrogen-bond acceptors (Lipinski definition) is 3. The molecule has 0 aliphatic carbocycles. The molecule has 0 unspecified atom stereocenters. The molecule has 1 heterocycles. The SMILES string of the molecule is CC(C)c1ccc(-c2nc(Br)c(C#N)s2)cc1. The van der Waals surface area contributed by atoms with Gasteiger partial charge >= 0.3 is 0 Å². The largest absolute Gasteiger partial charge is 0.228 e. The lowest BCUT2D eigenvalue weighted by Crippen LogP contribution is -1.86. The highest BCUT2D eigenvalue weighted by molar-refractivity contribution is 9.10. The summed E-state index contributed by atoms with van der Waals surface area (Å²) in [6.07, 6.45) is 0. The molecule has 0 aliphatic rings. The van der Waals surface area contributed by atoms with E-state index in [9.17, 15) is 0 Å². The highest BCUT2D eigenvalue weighted by Crippen LogP contribution is 2.31. The zero-order valence-corrected chi connectivity index (χ0v) is 12.0. The normalized spacial score (nSPS) is 10.5. The van der Waals surface area contributed by atoms with Gasteiger partial charge in [-0.3, -0.25) is 0 Å². The first kappa shape index (κ1) is 12.3. The van der Waals surface area contributed by atoms with E-state index in [4.69, 9.17) is 5.26 Å². The van der Waals surface area contributed by atoms with Gasteiger partial charge in [0.05, 0.1) is 0 Å². The topological polar surface area (TPSA) is 36.7 Å². The fraction of sp³-hybridized carbons (Fsp3) is 0.231. The summed E-state index contributed by atoms with van der Waals surface area (Å²) >= 11 is 4.70. The van der Waals surface area contributed by atoms with Crippen molar-refractivity contribution in [1.29, 1.82) is 5.26 Å². The highest BCUT2D eigenvalue weighted by atomic mass is 79.9. The van der Waals surface area contributed by atoms with Crippen molar-refractivity contribution in [1.82, 2.24) is 4.98 Å². The van der Waals surface area contributed by atoms with E-state index in [2.05, 4.69) is 65.1 Å². The molecule has 0 saturated heterocycles. The lowest BCUT2D eigenvalue weighted by Gasteiger charge is -2.05. The molecular weight excluding hydrogens is 296 g/mol. The molecule has 1 aromatic heterocycles. The molecule has 86 valence electrons. The Morgan fingerprint density at radius 3 is 2.41 bits per heavy atom. The summed E-state index contributed by atoms with van der Waals surface area (Å²) in [5.41, 5.74) is 2.37. The molecule has 0 N–H and O–H groups in total. The molecule has 0 amide bonds. The molecule has 4 heteroatoms. The molecule has 0 bridgehead atoms.